The number of hydrogen-bond acceptors (Lipinski definition) is 5. The Morgan fingerprint density at radius 2 is 1.92 bits per heavy atom. The Labute approximate surface area is 150 Å². The molecule has 0 spiro atoms. The first kappa shape index (κ1) is 18.3. The molecule has 2 aliphatic rings. The first-order valence-corrected chi connectivity index (χ1v) is 9.48. The molecule has 0 aliphatic carbocycles. The third-order valence-corrected chi connectivity index (χ3v) is 5.24. The second kappa shape index (κ2) is 7.83. The van der Waals surface area contributed by atoms with Crippen LogP contribution in [0.5, 0.6) is 0 Å². The van der Waals surface area contributed by atoms with E-state index >= 15 is 0 Å². The smallest absolute Gasteiger partial charge is 0.240 e. The van der Waals surface area contributed by atoms with Crippen LogP contribution in [0, 0.1) is 5.92 Å². The number of likely N-dealkylation sites (tertiary alicyclic amines) is 1. The summed E-state index contributed by atoms with van der Waals surface area (Å²) in [4.78, 5) is 21.8. The second-order valence-corrected chi connectivity index (χ2v) is 7.86. The van der Waals surface area contributed by atoms with Crippen molar-refractivity contribution in [3.63, 3.8) is 0 Å². The molecule has 1 aromatic rings. The van der Waals surface area contributed by atoms with Gasteiger partial charge in [-0.25, -0.2) is 9.67 Å². The summed E-state index contributed by atoms with van der Waals surface area (Å²) in [7, 11) is 0. The lowest BCUT2D eigenvalue weighted by atomic mass is 9.97. The minimum Gasteiger partial charge on any atom is -0.373 e. The zero-order valence-electron chi connectivity index (χ0n) is 15.8. The van der Waals surface area contributed by atoms with Gasteiger partial charge in [0.15, 0.2) is 0 Å². The van der Waals surface area contributed by atoms with Crippen molar-refractivity contribution in [1.29, 1.82) is 0 Å². The van der Waals surface area contributed by atoms with Crippen LogP contribution in [0.15, 0.2) is 12.7 Å². The molecule has 3 heterocycles. The lowest BCUT2D eigenvalue weighted by Gasteiger charge is -2.43. The van der Waals surface area contributed by atoms with Crippen molar-refractivity contribution in [3.05, 3.63) is 12.7 Å². The monoisotopic (exact) mass is 349 g/mol. The predicted molar refractivity (Wildman–Crippen MR) is 95.1 cm³/mol. The van der Waals surface area contributed by atoms with E-state index in [1.54, 1.807) is 12.7 Å². The van der Waals surface area contributed by atoms with Crippen LogP contribution in [0.2, 0.25) is 0 Å². The van der Waals surface area contributed by atoms with Gasteiger partial charge in [-0.3, -0.25) is 9.69 Å². The molecule has 3 rings (SSSR count). The van der Waals surface area contributed by atoms with E-state index in [0.29, 0.717) is 0 Å². The van der Waals surface area contributed by atoms with Crippen molar-refractivity contribution in [2.75, 3.05) is 26.2 Å². The van der Waals surface area contributed by atoms with E-state index in [2.05, 4.69) is 42.7 Å². The molecule has 0 N–H and O–H groups in total. The van der Waals surface area contributed by atoms with E-state index in [9.17, 15) is 4.79 Å². The summed E-state index contributed by atoms with van der Waals surface area (Å²) in [5, 5.41) is 4.26. The Morgan fingerprint density at radius 1 is 1.20 bits per heavy atom. The fourth-order valence-electron chi connectivity index (χ4n) is 4.27. The van der Waals surface area contributed by atoms with Gasteiger partial charge in [-0.05, 0) is 32.6 Å². The molecule has 0 unspecified atom stereocenters. The SMILES string of the molecule is CC(C)[C@@H](C(=O)N1CCC[C@H](n2cncn2)C1)N1C[C@@H](C)O[C@H](C)C1. The summed E-state index contributed by atoms with van der Waals surface area (Å²) in [6.07, 6.45) is 5.71. The molecule has 2 saturated heterocycles. The molecule has 0 radical (unpaired) electrons. The number of nitrogens with zero attached hydrogens (tertiary/aromatic N) is 5. The maximum Gasteiger partial charge on any atom is 0.240 e. The van der Waals surface area contributed by atoms with Gasteiger partial charge in [0.05, 0.1) is 24.3 Å². The van der Waals surface area contributed by atoms with Crippen LogP contribution in [0.25, 0.3) is 0 Å². The zero-order valence-corrected chi connectivity index (χ0v) is 15.8. The Bertz CT molecular complexity index is 552. The maximum atomic E-state index is 13.4. The van der Waals surface area contributed by atoms with Crippen LogP contribution in [0.1, 0.15) is 46.6 Å². The molecule has 0 saturated carbocycles. The van der Waals surface area contributed by atoms with Gasteiger partial charge in [0.1, 0.15) is 12.7 Å². The van der Waals surface area contributed by atoms with Gasteiger partial charge in [0, 0.05) is 26.2 Å². The van der Waals surface area contributed by atoms with E-state index in [4.69, 9.17) is 4.74 Å². The molecular weight excluding hydrogens is 318 g/mol. The lowest BCUT2D eigenvalue weighted by molar-refractivity contribution is -0.147. The lowest BCUT2D eigenvalue weighted by Crippen LogP contribution is -2.58. The molecule has 0 bridgehead atoms. The first-order valence-electron chi connectivity index (χ1n) is 9.48. The van der Waals surface area contributed by atoms with Crippen LogP contribution < -0.4 is 0 Å². The minimum atomic E-state index is -0.0803. The van der Waals surface area contributed by atoms with Gasteiger partial charge >= 0.3 is 0 Å². The van der Waals surface area contributed by atoms with Gasteiger partial charge in [-0.2, -0.15) is 5.10 Å². The normalized spacial score (nSPS) is 29.8. The predicted octanol–water partition coefficient (Wildman–Crippen LogP) is 1.58. The van der Waals surface area contributed by atoms with Crippen molar-refractivity contribution in [2.45, 2.75) is 64.8 Å². The Kier molecular flexibility index (Phi) is 5.74. The fraction of sp³-hybridized carbons (Fsp3) is 0.833. The summed E-state index contributed by atoms with van der Waals surface area (Å²) >= 11 is 0. The van der Waals surface area contributed by atoms with Gasteiger partial charge in [0.2, 0.25) is 5.91 Å². The van der Waals surface area contributed by atoms with Crippen molar-refractivity contribution in [1.82, 2.24) is 24.6 Å². The molecule has 2 aliphatic heterocycles. The minimum absolute atomic E-state index is 0.0803. The van der Waals surface area contributed by atoms with E-state index < -0.39 is 0 Å². The number of aromatic nitrogens is 3. The Morgan fingerprint density at radius 3 is 2.52 bits per heavy atom. The van der Waals surface area contributed by atoms with Gasteiger partial charge < -0.3 is 9.64 Å². The summed E-state index contributed by atoms with van der Waals surface area (Å²) in [6, 6.07) is 0.152. The molecule has 7 nitrogen and oxygen atoms in total. The van der Waals surface area contributed by atoms with E-state index in [1.165, 1.54) is 0 Å². The number of amides is 1. The third-order valence-electron chi connectivity index (χ3n) is 5.24. The molecule has 7 heteroatoms. The number of ether oxygens (including phenoxy) is 1. The van der Waals surface area contributed by atoms with Gasteiger partial charge in [0.25, 0.3) is 0 Å². The highest BCUT2D eigenvalue weighted by molar-refractivity contribution is 5.82. The van der Waals surface area contributed by atoms with E-state index in [0.717, 1.165) is 39.0 Å². The average Bonchev–Trinajstić information content (AvgIpc) is 3.08. The molecular formula is C18H31N5O2. The number of morpholine rings is 1. The number of carbonyl (C=O) groups excluding carboxylic acids is 1. The molecule has 1 aromatic heterocycles. The standard InChI is InChI=1S/C18H31N5O2/c1-13(2)17(22-8-14(3)25-15(4)9-22)18(24)21-7-5-6-16(10-21)23-12-19-11-20-23/h11-17H,5-10H2,1-4H3/t14-,15-,16+,17+/m1/s1. The summed E-state index contributed by atoms with van der Waals surface area (Å²) in [5.41, 5.74) is 0. The van der Waals surface area contributed by atoms with Gasteiger partial charge in [-0.15, -0.1) is 0 Å². The highest BCUT2D eigenvalue weighted by atomic mass is 16.5. The Hall–Kier alpha value is -1.47. The van der Waals surface area contributed by atoms with Crippen molar-refractivity contribution in [2.24, 2.45) is 5.92 Å². The third kappa shape index (κ3) is 4.20. The first-order chi connectivity index (χ1) is 12.0. The molecule has 25 heavy (non-hydrogen) atoms. The van der Waals surface area contributed by atoms with Crippen molar-refractivity contribution in [3.8, 4) is 0 Å². The number of rotatable bonds is 4. The van der Waals surface area contributed by atoms with Crippen molar-refractivity contribution >= 4 is 5.91 Å². The molecule has 140 valence electrons. The number of piperidine rings is 1. The highest BCUT2D eigenvalue weighted by Gasteiger charge is 2.37. The Balaban J connectivity index is 1.71. The average molecular weight is 349 g/mol. The largest absolute Gasteiger partial charge is 0.373 e. The molecule has 4 atom stereocenters. The molecule has 2 fully saturated rings. The van der Waals surface area contributed by atoms with Crippen LogP contribution in [-0.4, -0.2) is 74.9 Å². The van der Waals surface area contributed by atoms with Crippen molar-refractivity contribution < 1.29 is 9.53 Å². The summed E-state index contributed by atoms with van der Waals surface area (Å²) < 4.78 is 7.74. The van der Waals surface area contributed by atoms with E-state index in [-0.39, 0.29) is 36.1 Å². The quantitative estimate of drug-likeness (QED) is 0.826. The summed E-state index contributed by atoms with van der Waals surface area (Å²) in [6.45, 7) is 11.7. The molecule has 1 amide bonds. The van der Waals surface area contributed by atoms with Crippen LogP contribution >= 0.6 is 0 Å². The van der Waals surface area contributed by atoms with Crippen LogP contribution in [0.3, 0.4) is 0 Å². The highest BCUT2D eigenvalue weighted by Crippen LogP contribution is 2.25. The summed E-state index contributed by atoms with van der Waals surface area (Å²) in [5.74, 6) is 0.526. The second-order valence-electron chi connectivity index (χ2n) is 7.86. The van der Waals surface area contributed by atoms with Crippen LogP contribution in [-0.2, 0) is 9.53 Å². The van der Waals surface area contributed by atoms with E-state index in [1.807, 2.05) is 9.58 Å². The van der Waals surface area contributed by atoms with Gasteiger partial charge in [-0.1, -0.05) is 13.8 Å². The number of hydrogen-bond donors (Lipinski definition) is 0. The van der Waals surface area contributed by atoms with Crippen LogP contribution in [0.4, 0.5) is 0 Å². The maximum absolute atomic E-state index is 13.4. The fourth-order valence-corrected chi connectivity index (χ4v) is 4.27. The number of carbonyl (C=O) groups is 1. The molecule has 0 aromatic carbocycles. The topological polar surface area (TPSA) is 63.5 Å². The zero-order chi connectivity index (χ0) is 18.0.